The summed E-state index contributed by atoms with van der Waals surface area (Å²) in [5, 5.41) is 8.41. The van der Waals surface area contributed by atoms with Crippen molar-refractivity contribution in [1.29, 1.82) is 0 Å². The molecular formula is C12H14N2S. The number of rotatable bonds is 3. The van der Waals surface area contributed by atoms with Crippen molar-refractivity contribution in [1.82, 2.24) is 10.2 Å². The van der Waals surface area contributed by atoms with Crippen molar-refractivity contribution in [2.24, 2.45) is 0 Å². The van der Waals surface area contributed by atoms with Gasteiger partial charge in [-0.1, -0.05) is 24.3 Å². The zero-order chi connectivity index (χ0) is 10.7. The van der Waals surface area contributed by atoms with Gasteiger partial charge in [-0.25, -0.2) is 0 Å². The van der Waals surface area contributed by atoms with Crippen LogP contribution < -0.4 is 0 Å². The number of H-pyrrole nitrogens is 1. The molecule has 78 valence electrons. The van der Waals surface area contributed by atoms with Gasteiger partial charge in [-0.05, 0) is 30.7 Å². The highest BCUT2D eigenvalue weighted by molar-refractivity contribution is 7.80. The first-order valence-corrected chi connectivity index (χ1v) is 5.66. The SMILES string of the molecule is Cc1[nH]nc2cc(C=CCCS)ccc12. The summed E-state index contributed by atoms with van der Waals surface area (Å²) < 4.78 is 0. The van der Waals surface area contributed by atoms with Crippen LogP contribution in [0.15, 0.2) is 24.3 Å². The van der Waals surface area contributed by atoms with Gasteiger partial charge in [0.25, 0.3) is 0 Å². The minimum absolute atomic E-state index is 0.889. The van der Waals surface area contributed by atoms with Gasteiger partial charge in [0.05, 0.1) is 5.52 Å². The van der Waals surface area contributed by atoms with Gasteiger partial charge in [0.1, 0.15) is 0 Å². The molecule has 0 unspecified atom stereocenters. The van der Waals surface area contributed by atoms with Crippen molar-refractivity contribution in [3.8, 4) is 0 Å². The number of thiol groups is 1. The van der Waals surface area contributed by atoms with Gasteiger partial charge in [0.2, 0.25) is 0 Å². The van der Waals surface area contributed by atoms with Gasteiger partial charge >= 0.3 is 0 Å². The molecule has 1 aromatic carbocycles. The van der Waals surface area contributed by atoms with Crippen molar-refractivity contribution in [3.05, 3.63) is 35.5 Å². The summed E-state index contributed by atoms with van der Waals surface area (Å²) in [6, 6.07) is 6.31. The molecule has 0 atom stereocenters. The van der Waals surface area contributed by atoms with Crippen LogP contribution in [0.3, 0.4) is 0 Å². The van der Waals surface area contributed by atoms with Gasteiger partial charge in [-0.3, -0.25) is 5.10 Å². The largest absolute Gasteiger partial charge is 0.282 e. The number of hydrogen-bond donors (Lipinski definition) is 2. The third kappa shape index (κ3) is 2.23. The lowest BCUT2D eigenvalue weighted by atomic mass is 10.1. The van der Waals surface area contributed by atoms with Crippen molar-refractivity contribution >= 4 is 29.6 Å². The van der Waals surface area contributed by atoms with Crippen LogP contribution in [0.5, 0.6) is 0 Å². The minimum atomic E-state index is 0.889. The maximum atomic E-state index is 4.23. The van der Waals surface area contributed by atoms with E-state index in [0.717, 1.165) is 23.4 Å². The van der Waals surface area contributed by atoms with E-state index in [1.54, 1.807) is 0 Å². The van der Waals surface area contributed by atoms with Crippen molar-refractivity contribution in [3.63, 3.8) is 0 Å². The Balaban J connectivity index is 2.31. The van der Waals surface area contributed by atoms with E-state index in [4.69, 9.17) is 0 Å². The van der Waals surface area contributed by atoms with E-state index in [1.807, 2.05) is 6.92 Å². The molecule has 0 radical (unpaired) electrons. The number of aromatic nitrogens is 2. The number of allylic oxidation sites excluding steroid dienone is 1. The summed E-state index contributed by atoms with van der Waals surface area (Å²) in [7, 11) is 0. The molecule has 3 heteroatoms. The molecule has 1 heterocycles. The maximum Gasteiger partial charge on any atom is 0.0929 e. The second-order valence-electron chi connectivity index (χ2n) is 3.54. The predicted molar refractivity (Wildman–Crippen MR) is 68.3 cm³/mol. The van der Waals surface area contributed by atoms with Crippen LogP contribution in [0.25, 0.3) is 17.0 Å². The summed E-state index contributed by atoms with van der Waals surface area (Å²) in [5.41, 5.74) is 3.34. The fraction of sp³-hybridized carbons (Fsp3) is 0.250. The molecule has 0 aliphatic carbocycles. The Labute approximate surface area is 94.8 Å². The Morgan fingerprint density at radius 1 is 1.47 bits per heavy atom. The third-order valence-electron chi connectivity index (χ3n) is 2.38. The molecule has 0 fully saturated rings. The first-order chi connectivity index (χ1) is 7.31. The fourth-order valence-corrected chi connectivity index (χ4v) is 1.71. The number of aromatic amines is 1. The van der Waals surface area contributed by atoms with E-state index in [2.05, 4.69) is 53.2 Å². The van der Waals surface area contributed by atoms with Crippen LogP contribution in [0, 0.1) is 6.92 Å². The molecule has 0 aliphatic heterocycles. The van der Waals surface area contributed by atoms with Crippen molar-refractivity contribution in [2.75, 3.05) is 5.75 Å². The number of nitrogens with zero attached hydrogens (tertiary/aromatic N) is 1. The topological polar surface area (TPSA) is 28.7 Å². The molecule has 2 aromatic rings. The Bertz CT molecular complexity index is 485. The minimum Gasteiger partial charge on any atom is -0.282 e. The summed E-state index contributed by atoms with van der Waals surface area (Å²) in [4.78, 5) is 0. The lowest BCUT2D eigenvalue weighted by Gasteiger charge is -1.93. The molecule has 0 saturated carbocycles. The van der Waals surface area contributed by atoms with E-state index in [0.29, 0.717) is 0 Å². The Morgan fingerprint density at radius 2 is 2.33 bits per heavy atom. The van der Waals surface area contributed by atoms with Crippen LogP contribution in [0.4, 0.5) is 0 Å². The average molecular weight is 218 g/mol. The third-order valence-corrected chi connectivity index (χ3v) is 2.63. The highest BCUT2D eigenvalue weighted by atomic mass is 32.1. The summed E-state index contributed by atoms with van der Waals surface area (Å²) >= 11 is 4.16. The predicted octanol–water partition coefficient (Wildman–Crippen LogP) is 3.20. The summed E-state index contributed by atoms with van der Waals surface area (Å²) in [6.07, 6.45) is 5.24. The number of hydrogen-bond acceptors (Lipinski definition) is 2. The molecule has 0 aliphatic rings. The number of nitrogens with one attached hydrogen (secondary N) is 1. The molecule has 0 spiro atoms. The normalized spacial score (nSPS) is 11.6. The van der Waals surface area contributed by atoms with Crippen LogP contribution in [-0.4, -0.2) is 16.0 Å². The number of fused-ring (bicyclic) bond motifs is 1. The van der Waals surface area contributed by atoms with E-state index in [9.17, 15) is 0 Å². The number of aryl methyl sites for hydroxylation is 1. The molecule has 2 rings (SSSR count). The zero-order valence-corrected chi connectivity index (χ0v) is 9.59. The Morgan fingerprint density at radius 3 is 3.13 bits per heavy atom. The lowest BCUT2D eigenvalue weighted by molar-refractivity contribution is 1.07. The Hall–Kier alpha value is -1.22. The van der Waals surface area contributed by atoms with Gasteiger partial charge in [-0.2, -0.15) is 17.7 Å². The second-order valence-corrected chi connectivity index (χ2v) is 3.99. The average Bonchev–Trinajstić information content (AvgIpc) is 2.61. The second kappa shape index (κ2) is 4.53. The van der Waals surface area contributed by atoms with E-state index >= 15 is 0 Å². The highest BCUT2D eigenvalue weighted by Crippen LogP contribution is 2.17. The maximum absolute atomic E-state index is 4.23. The molecule has 1 N–H and O–H groups in total. The van der Waals surface area contributed by atoms with Crippen molar-refractivity contribution < 1.29 is 0 Å². The van der Waals surface area contributed by atoms with Gasteiger partial charge in [-0.15, -0.1) is 0 Å². The van der Waals surface area contributed by atoms with E-state index in [-0.39, 0.29) is 0 Å². The molecular weight excluding hydrogens is 204 g/mol. The first kappa shape index (κ1) is 10.3. The summed E-state index contributed by atoms with van der Waals surface area (Å²) in [5.74, 6) is 0.889. The van der Waals surface area contributed by atoms with E-state index < -0.39 is 0 Å². The molecule has 15 heavy (non-hydrogen) atoms. The molecule has 0 bridgehead atoms. The molecule has 2 nitrogen and oxygen atoms in total. The zero-order valence-electron chi connectivity index (χ0n) is 8.70. The van der Waals surface area contributed by atoms with Gasteiger partial charge < -0.3 is 0 Å². The Kier molecular flexibility index (Phi) is 3.11. The molecule has 0 saturated heterocycles. The van der Waals surface area contributed by atoms with Crippen LogP contribution in [0.2, 0.25) is 0 Å². The fourth-order valence-electron chi connectivity index (χ4n) is 1.56. The monoisotopic (exact) mass is 218 g/mol. The molecule has 0 amide bonds. The summed E-state index contributed by atoms with van der Waals surface area (Å²) in [6.45, 7) is 2.03. The van der Waals surface area contributed by atoms with Crippen LogP contribution >= 0.6 is 12.6 Å². The molecule has 1 aromatic heterocycles. The van der Waals surface area contributed by atoms with Crippen LogP contribution in [-0.2, 0) is 0 Å². The number of benzene rings is 1. The smallest absolute Gasteiger partial charge is 0.0929 e. The standard InChI is InChI=1S/C12H14N2S/c1-9-11-6-5-10(4-2-3-7-15)8-12(11)14-13-9/h2,4-6,8,15H,3,7H2,1H3,(H,13,14). The first-order valence-electron chi connectivity index (χ1n) is 5.03. The quantitative estimate of drug-likeness (QED) is 0.761. The highest BCUT2D eigenvalue weighted by Gasteiger charge is 2.00. The van der Waals surface area contributed by atoms with Crippen LogP contribution in [0.1, 0.15) is 17.7 Å². The van der Waals surface area contributed by atoms with E-state index in [1.165, 1.54) is 10.9 Å². The van der Waals surface area contributed by atoms with Crippen molar-refractivity contribution in [2.45, 2.75) is 13.3 Å². The van der Waals surface area contributed by atoms with Gasteiger partial charge in [0.15, 0.2) is 0 Å². The lowest BCUT2D eigenvalue weighted by Crippen LogP contribution is -1.74. The van der Waals surface area contributed by atoms with Gasteiger partial charge in [0, 0.05) is 11.1 Å².